The number of nitrogens with zero attached hydrogens (tertiary/aromatic N) is 3. The Labute approximate surface area is 151 Å². The molecule has 1 aliphatic rings. The third kappa shape index (κ3) is 3.54. The zero-order valence-corrected chi connectivity index (χ0v) is 14.8. The van der Waals surface area contributed by atoms with Crippen molar-refractivity contribution in [3.8, 4) is 22.7 Å². The third-order valence-electron chi connectivity index (χ3n) is 4.00. The second-order valence-electron chi connectivity index (χ2n) is 5.97. The van der Waals surface area contributed by atoms with Crippen LogP contribution in [0.1, 0.15) is 18.4 Å². The Hall–Kier alpha value is -2.32. The Bertz CT molecular complexity index is 925. The molecule has 1 aromatic carbocycles. The first-order valence-corrected chi connectivity index (χ1v) is 8.67. The van der Waals surface area contributed by atoms with Crippen molar-refractivity contribution in [2.24, 2.45) is 0 Å². The Morgan fingerprint density at radius 1 is 1.32 bits per heavy atom. The van der Waals surface area contributed by atoms with E-state index in [4.69, 9.17) is 10.3 Å². The van der Waals surface area contributed by atoms with E-state index in [9.17, 15) is 4.39 Å². The van der Waals surface area contributed by atoms with E-state index < -0.39 is 0 Å². The molecule has 0 bridgehead atoms. The number of rotatable bonds is 5. The molecule has 0 saturated heterocycles. The molecule has 25 heavy (non-hydrogen) atoms. The minimum Gasteiger partial charge on any atom is -0.382 e. The predicted octanol–water partition coefficient (Wildman–Crippen LogP) is 3.53. The molecule has 4 rings (SSSR count). The van der Waals surface area contributed by atoms with E-state index in [2.05, 4.69) is 36.4 Å². The number of benzene rings is 1. The summed E-state index contributed by atoms with van der Waals surface area (Å²) in [6.07, 6.45) is 3.89. The molecule has 0 radical (unpaired) electrons. The number of hydrogen-bond donors (Lipinski definition) is 2. The van der Waals surface area contributed by atoms with Crippen LogP contribution in [0.4, 0.5) is 10.2 Å². The maximum absolute atomic E-state index is 14.5. The number of nitrogens with one attached hydrogen (secondary N) is 1. The molecule has 0 unspecified atom stereocenters. The number of aromatic nitrogens is 3. The van der Waals surface area contributed by atoms with E-state index in [1.165, 1.54) is 25.1 Å². The van der Waals surface area contributed by atoms with Gasteiger partial charge < -0.3 is 15.6 Å². The fourth-order valence-corrected chi connectivity index (χ4v) is 2.78. The predicted molar refractivity (Wildman–Crippen MR) is 94.9 cm³/mol. The monoisotopic (exact) mass is 403 g/mol. The first-order chi connectivity index (χ1) is 12.1. The molecule has 0 spiro atoms. The minimum absolute atomic E-state index is 0.216. The number of hydrogen-bond acceptors (Lipinski definition) is 6. The van der Waals surface area contributed by atoms with Gasteiger partial charge in [-0.25, -0.2) is 14.4 Å². The summed E-state index contributed by atoms with van der Waals surface area (Å²) in [5.74, 6) is 0.205. The van der Waals surface area contributed by atoms with Crippen LogP contribution in [0.5, 0.6) is 0 Å². The summed E-state index contributed by atoms with van der Waals surface area (Å²) < 4.78 is 20.3. The van der Waals surface area contributed by atoms with Gasteiger partial charge in [0.05, 0.1) is 6.20 Å². The number of anilines is 1. The van der Waals surface area contributed by atoms with Crippen molar-refractivity contribution in [3.05, 3.63) is 46.4 Å². The number of halogens is 2. The van der Waals surface area contributed by atoms with Crippen molar-refractivity contribution < 1.29 is 8.91 Å². The Kier molecular flexibility index (Phi) is 4.22. The summed E-state index contributed by atoms with van der Waals surface area (Å²) in [5.41, 5.74) is 7.83. The first kappa shape index (κ1) is 16.2. The standard InChI is InChI=1S/C17H15BrFN5O/c18-15-8-22-17(20)16(23-15)14-6-13(24-25-14)11-4-1-9(5-12(11)19)7-21-10-2-3-10/h1,4-6,8,10,21H,2-3,7H2,(H2,20,22). The van der Waals surface area contributed by atoms with Crippen LogP contribution in [0.25, 0.3) is 22.7 Å². The Balaban J connectivity index is 1.59. The lowest BCUT2D eigenvalue weighted by Gasteiger charge is -2.05. The highest BCUT2D eigenvalue weighted by molar-refractivity contribution is 9.10. The zero-order valence-electron chi connectivity index (χ0n) is 13.2. The molecule has 3 N–H and O–H groups in total. The average Bonchev–Trinajstić information content (AvgIpc) is 3.31. The maximum Gasteiger partial charge on any atom is 0.189 e. The Morgan fingerprint density at radius 3 is 2.92 bits per heavy atom. The fraction of sp³-hybridized carbons (Fsp3) is 0.235. The van der Waals surface area contributed by atoms with Crippen molar-refractivity contribution in [1.29, 1.82) is 0 Å². The highest BCUT2D eigenvalue weighted by atomic mass is 79.9. The summed E-state index contributed by atoms with van der Waals surface area (Å²) in [4.78, 5) is 8.23. The third-order valence-corrected chi connectivity index (χ3v) is 4.38. The first-order valence-electron chi connectivity index (χ1n) is 7.87. The fourth-order valence-electron chi connectivity index (χ4n) is 2.50. The molecule has 1 fully saturated rings. The zero-order chi connectivity index (χ0) is 17.4. The molecule has 3 aromatic rings. The van der Waals surface area contributed by atoms with Crippen molar-refractivity contribution in [1.82, 2.24) is 20.4 Å². The normalized spacial score (nSPS) is 14.0. The lowest BCUT2D eigenvalue weighted by molar-refractivity contribution is 0.433. The van der Waals surface area contributed by atoms with Gasteiger partial charge in [-0.1, -0.05) is 11.2 Å². The summed E-state index contributed by atoms with van der Waals surface area (Å²) in [5, 5.41) is 7.30. The van der Waals surface area contributed by atoms with Gasteiger partial charge in [0.25, 0.3) is 0 Å². The number of nitrogen functional groups attached to an aromatic ring is 1. The van der Waals surface area contributed by atoms with Gasteiger partial charge in [-0.15, -0.1) is 0 Å². The van der Waals surface area contributed by atoms with Gasteiger partial charge in [0.1, 0.15) is 16.1 Å². The lowest BCUT2D eigenvalue weighted by Crippen LogP contribution is -2.15. The van der Waals surface area contributed by atoms with E-state index in [1.807, 2.05) is 6.07 Å². The highest BCUT2D eigenvalue weighted by Gasteiger charge is 2.20. The summed E-state index contributed by atoms with van der Waals surface area (Å²) in [7, 11) is 0. The van der Waals surface area contributed by atoms with Crippen LogP contribution in [0.2, 0.25) is 0 Å². The molecule has 0 amide bonds. The van der Waals surface area contributed by atoms with E-state index in [0.29, 0.717) is 39.9 Å². The van der Waals surface area contributed by atoms with E-state index in [0.717, 1.165) is 5.56 Å². The molecule has 8 heteroatoms. The van der Waals surface area contributed by atoms with Crippen LogP contribution in [0.15, 0.2) is 39.6 Å². The van der Waals surface area contributed by atoms with Gasteiger partial charge in [0.15, 0.2) is 17.3 Å². The number of nitrogens with two attached hydrogens (primary N) is 1. The van der Waals surface area contributed by atoms with Gasteiger partial charge in [-0.3, -0.25) is 0 Å². The topological polar surface area (TPSA) is 89.9 Å². The van der Waals surface area contributed by atoms with Crippen LogP contribution in [0, 0.1) is 5.82 Å². The van der Waals surface area contributed by atoms with Crippen molar-refractivity contribution in [2.75, 3.05) is 5.73 Å². The highest BCUT2D eigenvalue weighted by Crippen LogP contribution is 2.30. The molecule has 0 aliphatic heterocycles. The molecule has 6 nitrogen and oxygen atoms in total. The van der Waals surface area contributed by atoms with E-state index in [1.54, 1.807) is 12.1 Å². The van der Waals surface area contributed by atoms with E-state index in [-0.39, 0.29) is 11.6 Å². The summed E-state index contributed by atoms with van der Waals surface area (Å²) in [6.45, 7) is 0.663. The average molecular weight is 404 g/mol. The van der Waals surface area contributed by atoms with Crippen LogP contribution in [-0.2, 0) is 6.54 Å². The molecular weight excluding hydrogens is 389 g/mol. The van der Waals surface area contributed by atoms with Gasteiger partial charge in [0.2, 0.25) is 0 Å². The Morgan fingerprint density at radius 2 is 2.16 bits per heavy atom. The quantitative estimate of drug-likeness (QED) is 0.676. The van der Waals surface area contributed by atoms with Crippen LogP contribution in [-0.4, -0.2) is 21.2 Å². The second kappa shape index (κ2) is 6.53. The minimum atomic E-state index is -0.344. The van der Waals surface area contributed by atoms with Gasteiger partial charge >= 0.3 is 0 Å². The van der Waals surface area contributed by atoms with Crippen molar-refractivity contribution >= 4 is 21.7 Å². The van der Waals surface area contributed by atoms with Crippen LogP contribution in [0.3, 0.4) is 0 Å². The van der Waals surface area contributed by atoms with E-state index >= 15 is 0 Å². The molecule has 128 valence electrons. The van der Waals surface area contributed by atoms with Crippen molar-refractivity contribution in [3.63, 3.8) is 0 Å². The molecule has 0 atom stereocenters. The van der Waals surface area contributed by atoms with Gasteiger partial charge in [-0.2, -0.15) is 0 Å². The van der Waals surface area contributed by atoms with Gasteiger partial charge in [0, 0.05) is 24.2 Å². The molecule has 2 aromatic heterocycles. The molecular formula is C17H15BrFN5O. The van der Waals surface area contributed by atoms with Crippen LogP contribution >= 0.6 is 15.9 Å². The lowest BCUT2D eigenvalue weighted by atomic mass is 10.1. The van der Waals surface area contributed by atoms with Crippen LogP contribution < -0.4 is 11.1 Å². The summed E-state index contributed by atoms with van der Waals surface area (Å²) >= 11 is 3.24. The summed E-state index contributed by atoms with van der Waals surface area (Å²) in [6, 6.07) is 7.30. The van der Waals surface area contributed by atoms with Crippen molar-refractivity contribution in [2.45, 2.75) is 25.4 Å². The largest absolute Gasteiger partial charge is 0.382 e. The second-order valence-corrected chi connectivity index (χ2v) is 6.78. The SMILES string of the molecule is Nc1ncc(Br)nc1-c1cc(-c2ccc(CNC3CC3)cc2F)no1. The molecule has 2 heterocycles. The molecule has 1 saturated carbocycles. The van der Waals surface area contributed by atoms with Gasteiger partial charge in [-0.05, 0) is 46.5 Å². The maximum atomic E-state index is 14.5. The smallest absolute Gasteiger partial charge is 0.189 e. The molecule has 1 aliphatic carbocycles.